The summed E-state index contributed by atoms with van der Waals surface area (Å²) in [7, 11) is 0. The zero-order valence-electron chi connectivity index (χ0n) is 6.76. The van der Waals surface area contributed by atoms with Gasteiger partial charge in [-0.25, -0.2) is 4.39 Å². The van der Waals surface area contributed by atoms with E-state index < -0.39 is 6.17 Å². The summed E-state index contributed by atoms with van der Waals surface area (Å²) in [6.45, 7) is 3.19. The first kappa shape index (κ1) is 8.46. The highest BCUT2D eigenvalue weighted by atomic mass is 19.1. The van der Waals surface area contributed by atoms with Crippen LogP contribution >= 0.6 is 0 Å². The lowest BCUT2D eigenvalue weighted by Gasteiger charge is -2.19. The first-order valence-corrected chi connectivity index (χ1v) is 3.94. The number of rotatable bonds is 1. The van der Waals surface area contributed by atoms with Crippen LogP contribution in [0.25, 0.3) is 0 Å². The minimum atomic E-state index is -0.711. The molecule has 1 fully saturated rings. The highest BCUT2D eigenvalue weighted by molar-refractivity contribution is 5.77. The van der Waals surface area contributed by atoms with Gasteiger partial charge >= 0.3 is 0 Å². The quantitative estimate of drug-likeness (QED) is 0.376. The van der Waals surface area contributed by atoms with Gasteiger partial charge in [-0.2, -0.15) is 0 Å². The molecule has 0 aromatic heterocycles. The van der Waals surface area contributed by atoms with Crippen molar-refractivity contribution in [2.75, 3.05) is 13.1 Å². The second-order valence-corrected chi connectivity index (χ2v) is 3.02. The monoisotopic (exact) mass is 160 g/mol. The maximum Gasteiger partial charge on any atom is 0.151 e. The Morgan fingerprint density at radius 1 is 1.64 bits per heavy atom. The van der Waals surface area contributed by atoms with Crippen LogP contribution in [0.15, 0.2) is 4.99 Å². The number of alkyl halides is 1. The van der Waals surface area contributed by atoms with E-state index in [1.165, 1.54) is 0 Å². The Balaban J connectivity index is 2.40. The Bertz CT molecular complexity index is 154. The van der Waals surface area contributed by atoms with Crippen molar-refractivity contribution in [2.24, 2.45) is 10.7 Å². The first-order valence-electron chi connectivity index (χ1n) is 3.94. The van der Waals surface area contributed by atoms with Gasteiger partial charge in [0.2, 0.25) is 0 Å². The number of aliphatic imine (C=N–C) groups is 1. The SMILES string of the molecule is CC(N)=N[C@@H]1C[NH2+]C[C@@H](F)C1. The summed E-state index contributed by atoms with van der Waals surface area (Å²) >= 11 is 0. The fourth-order valence-electron chi connectivity index (χ4n) is 1.35. The fourth-order valence-corrected chi connectivity index (χ4v) is 1.35. The Labute approximate surface area is 65.9 Å². The molecule has 0 radical (unpaired) electrons. The molecule has 1 saturated heterocycles. The van der Waals surface area contributed by atoms with Gasteiger partial charge < -0.3 is 11.1 Å². The molecule has 0 aromatic carbocycles. The van der Waals surface area contributed by atoms with Crippen molar-refractivity contribution in [1.82, 2.24) is 0 Å². The van der Waals surface area contributed by atoms with E-state index in [4.69, 9.17) is 5.73 Å². The fraction of sp³-hybridized carbons (Fsp3) is 0.857. The molecule has 3 nitrogen and oxygen atoms in total. The Morgan fingerprint density at radius 2 is 2.36 bits per heavy atom. The molecular formula is C7H15FN3+. The highest BCUT2D eigenvalue weighted by Gasteiger charge is 2.23. The van der Waals surface area contributed by atoms with E-state index in [1.807, 2.05) is 5.32 Å². The lowest BCUT2D eigenvalue weighted by molar-refractivity contribution is -0.668. The van der Waals surface area contributed by atoms with Crippen LogP contribution in [0.2, 0.25) is 0 Å². The van der Waals surface area contributed by atoms with Crippen molar-refractivity contribution >= 4 is 5.84 Å². The van der Waals surface area contributed by atoms with E-state index >= 15 is 0 Å². The summed E-state index contributed by atoms with van der Waals surface area (Å²) in [4.78, 5) is 4.11. The summed E-state index contributed by atoms with van der Waals surface area (Å²) < 4.78 is 12.7. The number of amidine groups is 1. The summed E-state index contributed by atoms with van der Waals surface area (Å²) in [5.74, 6) is 0.553. The van der Waals surface area contributed by atoms with Crippen molar-refractivity contribution in [3.8, 4) is 0 Å². The topological polar surface area (TPSA) is 55.0 Å². The van der Waals surface area contributed by atoms with Crippen LogP contribution in [0.4, 0.5) is 4.39 Å². The second-order valence-electron chi connectivity index (χ2n) is 3.02. The van der Waals surface area contributed by atoms with Crippen LogP contribution in [0.3, 0.4) is 0 Å². The van der Waals surface area contributed by atoms with Gasteiger partial charge in [0.1, 0.15) is 12.6 Å². The molecule has 0 spiro atoms. The number of quaternary nitrogens is 1. The predicted octanol–water partition coefficient (Wildman–Crippen LogP) is -0.963. The number of piperidine rings is 1. The van der Waals surface area contributed by atoms with Crippen molar-refractivity contribution in [1.29, 1.82) is 0 Å². The number of nitrogens with two attached hydrogens (primary N) is 2. The zero-order valence-corrected chi connectivity index (χ0v) is 6.76. The summed E-state index contributed by atoms with van der Waals surface area (Å²) in [6.07, 6.45) is -0.178. The smallest absolute Gasteiger partial charge is 0.151 e. The van der Waals surface area contributed by atoms with Gasteiger partial charge in [0.05, 0.1) is 12.4 Å². The highest BCUT2D eigenvalue weighted by Crippen LogP contribution is 2.05. The van der Waals surface area contributed by atoms with Gasteiger partial charge in [0.25, 0.3) is 0 Å². The predicted molar refractivity (Wildman–Crippen MR) is 42.3 cm³/mol. The van der Waals surface area contributed by atoms with E-state index in [0.717, 1.165) is 6.54 Å². The molecule has 1 aliphatic rings. The lowest BCUT2D eigenvalue weighted by atomic mass is 10.1. The summed E-state index contributed by atoms with van der Waals surface area (Å²) in [6, 6.07) is 0.0868. The van der Waals surface area contributed by atoms with Crippen LogP contribution in [-0.2, 0) is 0 Å². The lowest BCUT2D eigenvalue weighted by Crippen LogP contribution is -2.90. The average molecular weight is 160 g/mol. The average Bonchev–Trinajstić information content (AvgIpc) is 1.85. The van der Waals surface area contributed by atoms with E-state index in [9.17, 15) is 4.39 Å². The van der Waals surface area contributed by atoms with Crippen molar-refractivity contribution in [3.63, 3.8) is 0 Å². The number of halogens is 1. The Kier molecular flexibility index (Phi) is 2.82. The van der Waals surface area contributed by atoms with Gasteiger partial charge in [-0.05, 0) is 6.92 Å². The minimum absolute atomic E-state index is 0.0868. The van der Waals surface area contributed by atoms with Gasteiger partial charge in [-0.1, -0.05) is 0 Å². The molecule has 0 saturated carbocycles. The van der Waals surface area contributed by atoms with Crippen LogP contribution in [0.5, 0.6) is 0 Å². The molecule has 11 heavy (non-hydrogen) atoms. The molecule has 2 atom stereocenters. The van der Waals surface area contributed by atoms with Gasteiger partial charge in [0.15, 0.2) is 6.17 Å². The third-order valence-corrected chi connectivity index (χ3v) is 1.78. The number of hydrogen-bond donors (Lipinski definition) is 2. The van der Waals surface area contributed by atoms with Gasteiger partial charge in [0, 0.05) is 6.42 Å². The maximum atomic E-state index is 12.7. The molecule has 64 valence electrons. The van der Waals surface area contributed by atoms with Gasteiger partial charge in [-0.15, -0.1) is 0 Å². The van der Waals surface area contributed by atoms with Crippen LogP contribution in [-0.4, -0.2) is 31.1 Å². The molecule has 0 aromatic rings. The third-order valence-electron chi connectivity index (χ3n) is 1.78. The van der Waals surface area contributed by atoms with Crippen LogP contribution in [0, 0.1) is 0 Å². The molecule has 0 bridgehead atoms. The van der Waals surface area contributed by atoms with E-state index in [2.05, 4.69) is 4.99 Å². The van der Waals surface area contributed by atoms with Crippen LogP contribution in [0.1, 0.15) is 13.3 Å². The molecule has 1 aliphatic heterocycles. The Morgan fingerprint density at radius 3 is 2.91 bits per heavy atom. The molecule has 4 N–H and O–H groups in total. The number of hydrogen-bond acceptors (Lipinski definition) is 1. The molecule has 4 heteroatoms. The van der Waals surface area contributed by atoms with Crippen molar-refractivity contribution in [2.45, 2.75) is 25.6 Å². The molecular weight excluding hydrogens is 145 g/mol. The normalized spacial score (nSPS) is 33.8. The van der Waals surface area contributed by atoms with Crippen molar-refractivity contribution in [3.05, 3.63) is 0 Å². The molecule has 0 unspecified atom stereocenters. The van der Waals surface area contributed by atoms with Crippen LogP contribution < -0.4 is 11.1 Å². The van der Waals surface area contributed by atoms with Gasteiger partial charge in [-0.3, -0.25) is 4.99 Å². The summed E-state index contributed by atoms with van der Waals surface area (Å²) in [5.41, 5.74) is 5.38. The number of nitrogens with zero attached hydrogens (tertiary/aromatic N) is 1. The second kappa shape index (κ2) is 3.67. The minimum Gasteiger partial charge on any atom is -0.388 e. The standard InChI is InChI=1S/C7H14FN3/c1-5(9)11-7-2-6(8)3-10-4-7/h6-7,10H,2-4H2,1H3,(H2,9,11)/p+1/t6-,7-/m0/s1. The maximum absolute atomic E-state index is 12.7. The zero-order chi connectivity index (χ0) is 8.27. The van der Waals surface area contributed by atoms with Crippen molar-refractivity contribution < 1.29 is 9.71 Å². The molecule has 0 aliphatic carbocycles. The van der Waals surface area contributed by atoms with E-state index in [1.54, 1.807) is 6.92 Å². The largest absolute Gasteiger partial charge is 0.388 e. The Hall–Kier alpha value is -0.640. The molecule has 1 heterocycles. The summed E-state index contributed by atoms with van der Waals surface area (Å²) in [5, 5.41) is 1.95. The van der Waals surface area contributed by atoms with E-state index in [-0.39, 0.29) is 6.04 Å². The molecule has 1 rings (SSSR count). The molecule has 0 amide bonds. The first-order chi connectivity index (χ1) is 5.18. The third kappa shape index (κ3) is 2.84. The van der Waals surface area contributed by atoms with E-state index in [0.29, 0.717) is 18.8 Å².